The smallest absolute Gasteiger partial charge is 0.224 e. The highest BCUT2D eigenvalue weighted by Gasteiger charge is 2.30. The van der Waals surface area contributed by atoms with Crippen molar-refractivity contribution in [2.24, 2.45) is 5.92 Å². The maximum absolute atomic E-state index is 12.4. The summed E-state index contributed by atoms with van der Waals surface area (Å²) >= 11 is 0. The molecule has 1 atom stereocenters. The van der Waals surface area contributed by atoms with Gasteiger partial charge in [-0.05, 0) is 37.6 Å². The number of hydrogen-bond donors (Lipinski definition) is 1. The van der Waals surface area contributed by atoms with Crippen LogP contribution >= 0.6 is 0 Å². The Morgan fingerprint density at radius 1 is 1.36 bits per heavy atom. The summed E-state index contributed by atoms with van der Waals surface area (Å²) in [6.45, 7) is 3.34. The molecule has 25 heavy (non-hydrogen) atoms. The molecule has 0 saturated carbocycles. The van der Waals surface area contributed by atoms with Crippen LogP contribution in [0.1, 0.15) is 30.1 Å². The van der Waals surface area contributed by atoms with E-state index in [9.17, 15) is 9.59 Å². The first kappa shape index (κ1) is 17.2. The minimum atomic E-state index is -0.167. The highest BCUT2D eigenvalue weighted by Crippen LogP contribution is 2.19. The van der Waals surface area contributed by atoms with Gasteiger partial charge in [-0.15, -0.1) is 0 Å². The maximum atomic E-state index is 12.4. The Morgan fingerprint density at radius 2 is 2.24 bits per heavy atom. The van der Waals surface area contributed by atoms with Gasteiger partial charge in [0.25, 0.3) is 0 Å². The van der Waals surface area contributed by atoms with Crippen molar-refractivity contribution in [2.75, 3.05) is 13.1 Å². The minimum Gasteiger partial charge on any atom is -0.466 e. The number of carbonyl (C=O) groups excluding carboxylic acids is 2. The second-order valence-electron chi connectivity index (χ2n) is 6.38. The fraction of sp³-hybridized carbons (Fsp3) is 0.421. The van der Waals surface area contributed by atoms with Gasteiger partial charge in [-0.1, -0.05) is 6.07 Å². The molecule has 2 aromatic rings. The van der Waals surface area contributed by atoms with Gasteiger partial charge in [0.05, 0.1) is 18.2 Å². The van der Waals surface area contributed by atoms with Gasteiger partial charge in [-0.25, -0.2) is 0 Å². The minimum absolute atomic E-state index is 0.00167. The Morgan fingerprint density at radius 3 is 2.96 bits per heavy atom. The van der Waals surface area contributed by atoms with Crippen LogP contribution in [0, 0.1) is 12.8 Å². The molecule has 132 valence electrons. The molecule has 1 fully saturated rings. The summed E-state index contributed by atoms with van der Waals surface area (Å²) in [4.78, 5) is 30.5. The van der Waals surface area contributed by atoms with E-state index in [4.69, 9.17) is 4.42 Å². The molecule has 3 heterocycles. The van der Waals surface area contributed by atoms with E-state index in [-0.39, 0.29) is 17.7 Å². The number of furan rings is 1. The summed E-state index contributed by atoms with van der Waals surface area (Å²) in [6, 6.07) is 9.48. The predicted molar refractivity (Wildman–Crippen MR) is 92.5 cm³/mol. The van der Waals surface area contributed by atoms with Gasteiger partial charge in [-0.2, -0.15) is 0 Å². The first-order valence-electron chi connectivity index (χ1n) is 8.62. The van der Waals surface area contributed by atoms with Crippen molar-refractivity contribution in [1.82, 2.24) is 15.2 Å². The molecule has 1 N–H and O–H groups in total. The number of nitrogens with one attached hydrogen (secondary N) is 1. The standard InChI is InChI=1S/C19H23N3O3/c1-14-5-7-17(25-14)9-11-21-19(24)15-6-8-18(23)22(12-15)13-16-4-2-3-10-20-16/h2-5,7,10,15H,6,8-9,11-13H2,1H3,(H,21,24). The SMILES string of the molecule is Cc1ccc(CCNC(=O)C2CCC(=O)N(Cc3ccccn3)C2)o1. The fourth-order valence-electron chi connectivity index (χ4n) is 3.04. The second-order valence-corrected chi connectivity index (χ2v) is 6.38. The van der Waals surface area contributed by atoms with Gasteiger partial charge in [0.15, 0.2) is 0 Å². The quantitative estimate of drug-likeness (QED) is 0.873. The molecule has 6 nitrogen and oxygen atoms in total. The first-order valence-corrected chi connectivity index (χ1v) is 8.62. The Kier molecular flexibility index (Phi) is 5.48. The van der Waals surface area contributed by atoms with Gasteiger partial charge >= 0.3 is 0 Å². The van der Waals surface area contributed by atoms with E-state index >= 15 is 0 Å². The number of hydrogen-bond acceptors (Lipinski definition) is 4. The lowest BCUT2D eigenvalue weighted by atomic mass is 9.96. The second kappa shape index (κ2) is 7.96. The summed E-state index contributed by atoms with van der Waals surface area (Å²) in [5.74, 6) is 1.66. The fourth-order valence-corrected chi connectivity index (χ4v) is 3.04. The largest absolute Gasteiger partial charge is 0.466 e. The molecule has 6 heteroatoms. The summed E-state index contributed by atoms with van der Waals surface area (Å²) in [5, 5.41) is 2.96. The molecule has 0 radical (unpaired) electrons. The lowest BCUT2D eigenvalue weighted by Crippen LogP contribution is -2.45. The molecule has 1 unspecified atom stereocenters. The van der Waals surface area contributed by atoms with Crippen LogP contribution in [0.4, 0.5) is 0 Å². The highest BCUT2D eigenvalue weighted by atomic mass is 16.3. The maximum Gasteiger partial charge on any atom is 0.224 e. The lowest BCUT2D eigenvalue weighted by molar-refractivity contribution is -0.138. The van der Waals surface area contributed by atoms with E-state index in [1.54, 1.807) is 11.1 Å². The van der Waals surface area contributed by atoms with Crippen molar-refractivity contribution < 1.29 is 14.0 Å². The molecule has 1 aliphatic rings. The molecular weight excluding hydrogens is 318 g/mol. The average Bonchev–Trinajstić information content (AvgIpc) is 3.03. The highest BCUT2D eigenvalue weighted by molar-refractivity contribution is 5.83. The van der Waals surface area contributed by atoms with Gasteiger partial charge in [0.2, 0.25) is 11.8 Å². The van der Waals surface area contributed by atoms with Crippen LogP contribution in [0.3, 0.4) is 0 Å². The van der Waals surface area contributed by atoms with E-state index < -0.39 is 0 Å². The van der Waals surface area contributed by atoms with Crippen LogP contribution in [-0.2, 0) is 22.6 Å². The van der Waals surface area contributed by atoms with Crippen molar-refractivity contribution in [3.05, 3.63) is 53.7 Å². The third-order valence-corrected chi connectivity index (χ3v) is 4.42. The van der Waals surface area contributed by atoms with Crippen molar-refractivity contribution in [2.45, 2.75) is 32.7 Å². The zero-order chi connectivity index (χ0) is 17.6. The molecule has 2 aromatic heterocycles. The molecule has 3 rings (SSSR count). The van der Waals surface area contributed by atoms with E-state index in [2.05, 4.69) is 10.3 Å². The van der Waals surface area contributed by atoms with Crippen LogP contribution < -0.4 is 5.32 Å². The third-order valence-electron chi connectivity index (χ3n) is 4.42. The number of pyridine rings is 1. The monoisotopic (exact) mass is 341 g/mol. The van der Waals surface area contributed by atoms with Crippen molar-refractivity contribution in [1.29, 1.82) is 0 Å². The number of rotatable bonds is 6. The van der Waals surface area contributed by atoms with E-state index in [0.717, 1.165) is 17.2 Å². The number of aryl methyl sites for hydroxylation is 1. The van der Waals surface area contributed by atoms with E-state index in [1.807, 2.05) is 37.3 Å². The Bertz CT molecular complexity index is 727. The van der Waals surface area contributed by atoms with Crippen molar-refractivity contribution in [3.8, 4) is 0 Å². The molecular formula is C19H23N3O3. The summed E-state index contributed by atoms with van der Waals surface area (Å²) in [6.07, 6.45) is 3.39. The Balaban J connectivity index is 1.49. The van der Waals surface area contributed by atoms with Crippen LogP contribution in [-0.4, -0.2) is 34.8 Å². The Hall–Kier alpha value is -2.63. The number of nitrogens with zero attached hydrogens (tertiary/aromatic N) is 2. The van der Waals surface area contributed by atoms with Gasteiger partial charge in [0.1, 0.15) is 11.5 Å². The lowest BCUT2D eigenvalue weighted by Gasteiger charge is -2.31. The number of carbonyl (C=O) groups is 2. The van der Waals surface area contributed by atoms with Crippen LogP contribution in [0.15, 0.2) is 40.9 Å². The number of aromatic nitrogens is 1. The number of amides is 2. The molecule has 2 amide bonds. The topological polar surface area (TPSA) is 75.4 Å². The van der Waals surface area contributed by atoms with Crippen molar-refractivity contribution >= 4 is 11.8 Å². The van der Waals surface area contributed by atoms with E-state index in [0.29, 0.717) is 38.9 Å². The first-order chi connectivity index (χ1) is 12.1. The number of piperidine rings is 1. The molecule has 1 saturated heterocycles. The summed E-state index contributed by atoms with van der Waals surface area (Å²) < 4.78 is 5.50. The van der Waals surface area contributed by atoms with Gasteiger partial charge in [0, 0.05) is 32.1 Å². The molecule has 1 aliphatic heterocycles. The van der Waals surface area contributed by atoms with E-state index in [1.165, 1.54) is 0 Å². The Labute approximate surface area is 147 Å². The third kappa shape index (κ3) is 4.68. The average molecular weight is 341 g/mol. The molecule has 0 aromatic carbocycles. The molecule has 0 spiro atoms. The zero-order valence-corrected chi connectivity index (χ0v) is 14.4. The predicted octanol–water partition coefficient (Wildman–Crippen LogP) is 2.08. The molecule has 0 aliphatic carbocycles. The summed E-state index contributed by atoms with van der Waals surface area (Å²) in [5.41, 5.74) is 0.838. The van der Waals surface area contributed by atoms with Crippen LogP contribution in [0.2, 0.25) is 0 Å². The zero-order valence-electron chi connectivity index (χ0n) is 14.4. The molecule has 0 bridgehead atoms. The van der Waals surface area contributed by atoms with Crippen molar-refractivity contribution in [3.63, 3.8) is 0 Å². The van der Waals surface area contributed by atoms with Gasteiger partial charge in [-0.3, -0.25) is 14.6 Å². The number of likely N-dealkylation sites (tertiary alicyclic amines) is 1. The van der Waals surface area contributed by atoms with Gasteiger partial charge < -0.3 is 14.6 Å². The normalized spacial score (nSPS) is 17.6. The summed E-state index contributed by atoms with van der Waals surface area (Å²) in [7, 11) is 0. The van der Waals surface area contributed by atoms with Crippen LogP contribution in [0.25, 0.3) is 0 Å². The van der Waals surface area contributed by atoms with Crippen LogP contribution in [0.5, 0.6) is 0 Å².